The maximum Gasteiger partial charge on any atom is 0.0933 e. The van der Waals surface area contributed by atoms with Crippen molar-refractivity contribution in [3.63, 3.8) is 0 Å². The minimum absolute atomic E-state index is 0.107. The summed E-state index contributed by atoms with van der Waals surface area (Å²) in [6.07, 6.45) is 8.55. The summed E-state index contributed by atoms with van der Waals surface area (Å²) in [7, 11) is 1.71. The van der Waals surface area contributed by atoms with Crippen LogP contribution in [0.5, 0.6) is 0 Å². The highest BCUT2D eigenvalue weighted by Gasteiger charge is 2.19. The molecule has 0 radical (unpaired) electrons. The van der Waals surface area contributed by atoms with Crippen LogP contribution in [-0.4, -0.2) is 13.2 Å². The number of nitrogens with zero attached hydrogens (tertiary/aromatic N) is 1. The molecule has 2 aromatic rings. The first kappa shape index (κ1) is 12.7. The average molecular weight is 263 g/mol. The van der Waals surface area contributed by atoms with E-state index in [9.17, 15) is 0 Å². The van der Waals surface area contributed by atoms with Gasteiger partial charge in [0, 0.05) is 0 Å². The molecular formula is C18H17NO. The first-order valence-electron chi connectivity index (χ1n) is 6.72. The molecule has 1 atom stereocenters. The Bertz CT molecular complexity index is 631. The van der Waals surface area contributed by atoms with Crippen molar-refractivity contribution in [2.75, 3.05) is 12.2 Å². The quantitative estimate of drug-likeness (QED) is 0.824. The second kappa shape index (κ2) is 5.76. The molecular weight excluding hydrogens is 246 g/mol. The molecule has 0 fully saturated rings. The van der Waals surface area contributed by atoms with Gasteiger partial charge in [-0.05, 0) is 17.2 Å². The van der Waals surface area contributed by atoms with E-state index in [1.165, 1.54) is 11.1 Å². The van der Waals surface area contributed by atoms with Crippen molar-refractivity contribution in [3.8, 4) is 0 Å². The third-order valence-electron chi connectivity index (χ3n) is 3.40. The molecule has 1 unspecified atom stereocenters. The summed E-state index contributed by atoms with van der Waals surface area (Å²) >= 11 is 0. The van der Waals surface area contributed by atoms with Gasteiger partial charge in [0.25, 0.3) is 0 Å². The molecule has 20 heavy (non-hydrogen) atoms. The molecule has 0 aliphatic carbocycles. The van der Waals surface area contributed by atoms with Crippen molar-refractivity contribution < 1.29 is 4.84 Å². The van der Waals surface area contributed by atoms with E-state index >= 15 is 0 Å². The standard InChI is InChI=1S/C18H17NO/c1-20-19-17(13-11-15-7-3-2-4-8-15)14-12-16-9-5-6-10-18(16)19/h2-14,17H,1H3/b13-11+. The van der Waals surface area contributed by atoms with Gasteiger partial charge < -0.3 is 0 Å². The molecule has 0 aromatic heterocycles. The summed E-state index contributed by atoms with van der Waals surface area (Å²) in [4.78, 5) is 5.55. The molecule has 1 aliphatic rings. The molecule has 1 heterocycles. The van der Waals surface area contributed by atoms with Crippen LogP contribution in [0.3, 0.4) is 0 Å². The number of hydrogen-bond acceptors (Lipinski definition) is 2. The summed E-state index contributed by atoms with van der Waals surface area (Å²) in [5.74, 6) is 0. The van der Waals surface area contributed by atoms with Crippen LogP contribution in [0.2, 0.25) is 0 Å². The topological polar surface area (TPSA) is 12.5 Å². The third kappa shape index (κ3) is 2.51. The van der Waals surface area contributed by atoms with Gasteiger partial charge in [-0.1, -0.05) is 72.8 Å². The zero-order chi connectivity index (χ0) is 13.8. The minimum atomic E-state index is 0.107. The maximum atomic E-state index is 5.55. The van der Waals surface area contributed by atoms with E-state index in [1.807, 2.05) is 35.4 Å². The summed E-state index contributed by atoms with van der Waals surface area (Å²) in [6.45, 7) is 0. The van der Waals surface area contributed by atoms with Crippen molar-refractivity contribution >= 4 is 17.8 Å². The molecule has 0 bridgehead atoms. The Morgan fingerprint density at radius 2 is 1.75 bits per heavy atom. The van der Waals surface area contributed by atoms with E-state index in [4.69, 9.17) is 4.84 Å². The molecule has 100 valence electrons. The highest BCUT2D eigenvalue weighted by atomic mass is 16.7. The minimum Gasteiger partial charge on any atom is -0.276 e. The summed E-state index contributed by atoms with van der Waals surface area (Å²) in [6, 6.07) is 18.6. The van der Waals surface area contributed by atoms with Gasteiger partial charge in [0.1, 0.15) is 0 Å². The van der Waals surface area contributed by atoms with Crippen molar-refractivity contribution in [1.29, 1.82) is 0 Å². The monoisotopic (exact) mass is 263 g/mol. The second-order valence-electron chi connectivity index (χ2n) is 4.69. The van der Waals surface area contributed by atoms with Crippen LogP contribution in [0.15, 0.2) is 66.7 Å². The fourth-order valence-corrected chi connectivity index (χ4v) is 2.41. The smallest absolute Gasteiger partial charge is 0.0933 e. The highest BCUT2D eigenvalue weighted by Crippen LogP contribution is 2.29. The van der Waals surface area contributed by atoms with E-state index < -0.39 is 0 Å². The fraction of sp³-hybridized carbons (Fsp3) is 0.111. The zero-order valence-electron chi connectivity index (χ0n) is 11.4. The lowest BCUT2D eigenvalue weighted by atomic mass is 10.0. The number of anilines is 1. The Morgan fingerprint density at radius 3 is 2.55 bits per heavy atom. The Kier molecular flexibility index (Phi) is 3.66. The van der Waals surface area contributed by atoms with Gasteiger partial charge in [0.2, 0.25) is 0 Å². The number of para-hydroxylation sites is 1. The van der Waals surface area contributed by atoms with Gasteiger partial charge in [0.15, 0.2) is 0 Å². The van der Waals surface area contributed by atoms with Crippen LogP contribution in [0.25, 0.3) is 12.2 Å². The predicted octanol–water partition coefficient (Wildman–Crippen LogP) is 4.16. The van der Waals surface area contributed by atoms with Crippen LogP contribution in [0.4, 0.5) is 5.69 Å². The van der Waals surface area contributed by atoms with Gasteiger partial charge >= 0.3 is 0 Å². The normalized spacial score (nSPS) is 17.4. The molecule has 0 N–H and O–H groups in total. The van der Waals surface area contributed by atoms with E-state index in [0.29, 0.717) is 0 Å². The van der Waals surface area contributed by atoms with Crippen molar-refractivity contribution in [2.45, 2.75) is 6.04 Å². The van der Waals surface area contributed by atoms with E-state index in [-0.39, 0.29) is 6.04 Å². The third-order valence-corrected chi connectivity index (χ3v) is 3.40. The van der Waals surface area contributed by atoms with Gasteiger partial charge in [-0.15, -0.1) is 0 Å². The Morgan fingerprint density at radius 1 is 1.00 bits per heavy atom. The largest absolute Gasteiger partial charge is 0.276 e. The summed E-state index contributed by atoms with van der Waals surface area (Å²) in [5, 5.41) is 1.93. The Hall–Kier alpha value is -2.32. The fourth-order valence-electron chi connectivity index (χ4n) is 2.41. The summed E-state index contributed by atoms with van der Waals surface area (Å²) < 4.78 is 0. The van der Waals surface area contributed by atoms with E-state index in [0.717, 1.165) is 5.69 Å². The summed E-state index contributed by atoms with van der Waals surface area (Å²) in [5.41, 5.74) is 3.47. The SMILES string of the molecule is CON1c2ccccc2C=CC1/C=C/c1ccccc1. The Balaban J connectivity index is 1.87. The molecule has 2 heteroatoms. The first-order chi connectivity index (χ1) is 9.88. The molecule has 3 rings (SSSR count). The van der Waals surface area contributed by atoms with Gasteiger partial charge in [-0.3, -0.25) is 4.84 Å². The molecule has 2 nitrogen and oxygen atoms in total. The van der Waals surface area contributed by atoms with Crippen molar-refractivity contribution in [2.24, 2.45) is 0 Å². The number of fused-ring (bicyclic) bond motifs is 1. The second-order valence-corrected chi connectivity index (χ2v) is 4.69. The lowest BCUT2D eigenvalue weighted by molar-refractivity contribution is 0.160. The molecule has 0 saturated carbocycles. The average Bonchev–Trinajstić information content (AvgIpc) is 2.53. The molecule has 1 aliphatic heterocycles. The lowest BCUT2D eigenvalue weighted by Crippen LogP contribution is -2.33. The zero-order valence-corrected chi connectivity index (χ0v) is 11.4. The molecule has 0 spiro atoms. The van der Waals surface area contributed by atoms with Gasteiger partial charge in [-0.25, -0.2) is 5.06 Å². The van der Waals surface area contributed by atoms with E-state index in [2.05, 4.69) is 48.6 Å². The first-order valence-corrected chi connectivity index (χ1v) is 6.72. The highest BCUT2D eigenvalue weighted by molar-refractivity contribution is 5.72. The Labute approximate surface area is 119 Å². The number of benzene rings is 2. The number of hydroxylamine groups is 1. The predicted molar refractivity (Wildman–Crippen MR) is 84.2 cm³/mol. The van der Waals surface area contributed by atoms with Crippen LogP contribution in [0.1, 0.15) is 11.1 Å². The van der Waals surface area contributed by atoms with Crippen molar-refractivity contribution in [3.05, 3.63) is 77.9 Å². The van der Waals surface area contributed by atoms with Crippen LogP contribution >= 0.6 is 0 Å². The molecule has 0 amide bonds. The number of rotatable bonds is 3. The van der Waals surface area contributed by atoms with Crippen LogP contribution in [0, 0.1) is 0 Å². The van der Waals surface area contributed by atoms with Crippen LogP contribution < -0.4 is 5.06 Å². The molecule has 0 saturated heterocycles. The van der Waals surface area contributed by atoms with Gasteiger partial charge in [0.05, 0.1) is 18.8 Å². The van der Waals surface area contributed by atoms with Gasteiger partial charge in [-0.2, -0.15) is 0 Å². The van der Waals surface area contributed by atoms with Crippen molar-refractivity contribution in [1.82, 2.24) is 0 Å². The van der Waals surface area contributed by atoms with E-state index in [1.54, 1.807) is 7.11 Å². The van der Waals surface area contributed by atoms with Crippen LogP contribution in [-0.2, 0) is 4.84 Å². The lowest BCUT2D eigenvalue weighted by Gasteiger charge is -2.31. The number of hydrogen-bond donors (Lipinski definition) is 0. The molecule has 2 aromatic carbocycles. The maximum absolute atomic E-state index is 5.55.